The Balaban J connectivity index is 2.53. The third-order valence-electron chi connectivity index (χ3n) is 1.76. The van der Waals surface area contributed by atoms with Crippen LogP contribution in [0.25, 0.3) is 5.69 Å². The highest BCUT2D eigenvalue weighted by atomic mass is 32.1. The van der Waals surface area contributed by atoms with Gasteiger partial charge in [-0.2, -0.15) is 5.10 Å². The van der Waals surface area contributed by atoms with Gasteiger partial charge in [0, 0.05) is 0 Å². The van der Waals surface area contributed by atoms with Crippen LogP contribution in [0.15, 0.2) is 35.7 Å². The maximum absolute atomic E-state index is 5.00. The van der Waals surface area contributed by atoms with Crippen LogP contribution in [-0.4, -0.2) is 14.8 Å². The molecule has 1 aromatic carbocycles. The molecule has 0 unspecified atom stereocenters. The Kier molecular flexibility index (Phi) is 1.98. The molecular formula is C9H8N3S. The fraction of sp³-hybridized carbons (Fsp3) is 0.111. The zero-order valence-corrected chi connectivity index (χ0v) is 7.95. The first-order valence-corrected chi connectivity index (χ1v) is 4.32. The van der Waals surface area contributed by atoms with E-state index in [1.54, 1.807) is 4.68 Å². The van der Waals surface area contributed by atoms with Crippen LogP contribution in [0.2, 0.25) is 0 Å². The molecule has 2 aromatic rings. The van der Waals surface area contributed by atoms with Gasteiger partial charge in [-0.05, 0) is 37.2 Å². The Hall–Kier alpha value is -1.42. The van der Waals surface area contributed by atoms with Gasteiger partial charge in [0.2, 0.25) is 5.16 Å². The maximum atomic E-state index is 5.00. The number of rotatable bonds is 1. The van der Waals surface area contributed by atoms with Crippen LogP contribution < -0.4 is 0 Å². The first kappa shape index (κ1) is 8.19. The van der Waals surface area contributed by atoms with Crippen molar-refractivity contribution in [3.8, 4) is 5.69 Å². The number of benzene rings is 1. The van der Waals surface area contributed by atoms with Crippen molar-refractivity contribution in [2.45, 2.75) is 12.1 Å². The van der Waals surface area contributed by atoms with Gasteiger partial charge in [-0.15, -0.1) is 0 Å². The minimum atomic E-state index is 0.491. The molecule has 1 aromatic heterocycles. The molecular weight excluding hydrogens is 182 g/mol. The summed E-state index contributed by atoms with van der Waals surface area (Å²) in [4.78, 5) is 3.89. The molecule has 0 aliphatic heterocycles. The van der Waals surface area contributed by atoms with Crippen LogP contribution >= 0.6 is 12.6 Å². The van der Waals surface area contributed by atoms with Gasteiger partial charge in [-0.3, -0.25) is 0 Å². The highest BCUT2D eigenvalue weighted by Crippen LogP contribution is 2.12. The molecule has 0 spiro atoms. The van der Waals surface area contributed by atoms with Crippen LogP contribution in [0.4, 0.5) is 0 Å². The highest BCUT2D eigenvalue weighted by Gasteiger charge is 2.02. The van der Waals surface area contributed by atoms with Crippen molar-refractivity contribution < 1.29 is 0 Å². The third kappa shape index (κ3) is 1.53. The SMILES string of the molecule is Cc1cccc(-n2ncnc2[S])c1. The van der Waals surface area contributed by atoms with Gasteiger partial charge in [0.1, 0.15) is 6.33 Å². The Labute approximate surface area is 81.8 Å². The predicted octanol–water partition coefficient (Wildman–Crippen LogP) is 2.13. The maximum Gasteiger partial charge on any atom is 0.222 e. The van der Waals surface area contributed by atoms with Gasteiger partial charge in [0.25, 0.3) is 0 Å². The lowest BCUT2D eigenvalue weighted by Crippen LogP contribution is -1.96. The normalized spacial score (nSPS) is 10.2. The minimum Gasteiger partial charge on any atom is -0.205 e. The molecule has 1 heterocycles. The number of hydrogen-bond donors (Lipinski definition) is 0. The molecule has 4 heteroatoms. The van der Waals surface area contributed by atoms with E-state index in [1.165, 1.54) is 11.9 Å². The lowest BCUT2D eigenvalue weighted by Gasteiger charge is -2.01. The van der Waals surface area contributed by atoms with E-state index in [2.05, 4.69) is 10.1 Å². The van der Waals surface area contributed by atoms with Crippen molar-refractivity contribution in [2.24, 2.45) is 0 Å². The standard InChI is InChI=1S/C9H8N3S/c1-7-3-2-4-8(5-7)12-9(13)10-6-11-12/h2-6H,1H3. The number of hydrogen-bond acceptors (Lipinski definition) is 2. The van der Waals surface area contributed by atoms with Crippen LogP contribution in [-0.2, 0) is 0 Å². The number of aromatic nitrogens is 3. The third-order valence-corrected chi connectivity index (χ3v) is 2.04. The zero-order chi connectivity index (χ0) is 9.26. The van der Waals surface area contributed by atoms with E-state index in [4.69, 9.17) is 12.6 Å². The summed E-state index contributed by atoms with van der Waals surface area (Å²) in [6, 6.07) is 7.98. The molecule has 2 rings (SSSR count). The molecule has 0 atom stereocenters. The summed E-state index contributed by atoms with van der Waals surface area (Å²) in [7, 11) is 0. The Morgan fingerprint density at radius 1 is 1.38 bits per heavy atom. The molecule has 0 amide bonds. The summed E-state index contributed by atoms with van der Waals surface area (Å²) in [6.07, 6.45) is 1.46. The Morgan fingerprint density at radius 2 is 2.23 bits per heavy atom. The highest BCUT2D eigenvalue weighted by molar-refractivity contribution is 7.80. The second-order valence-corrected chi connectivity index (χ2v) is 3.16. The van der Waals surface area contributed by atoms with E-state index in [9.17, 15) is 0 Å². The number of nitrogens with zero attached hydrogens (tertiary/aromatic N) is 3. The fourth-order valence-corrected chi connectivity index (χ4v) is 1.37. The summed E-state index contributed by atoms with van der Waals surface area (Å²) in [5, 5.41) is 4.52. The van der Waals surface area contributed by atoms with Crippen molar-refractivity contribution in [1.29, 1.82) is 0 Å². The van der Waals surface area contributed by atoms with Crippen molar-refractivity contribution in [1.82, 2.24) is 14.8 Å². The summed E-state index contributed by atoms with van der Waals surface area (Å²) in [5.74, 6) is 0. The van der Waals surface area contributed by atoms with Crippen LogP contribution in [0.5, 0.6) is 0 Å². The van der Waals surface area contributed by atoms with Crippen LogP contribution in [0.1, 0.15) is 5.56 Å². The molecule has 0 saturated carbocycles. The van der Waals surface area contributed by atoms with Gasteiger partial charge in [0.15, 0.2) is 0 Å². The molecule has 0 aliphatic rings. The molecule has 0 N–H and O–H groups in total. The van der Waals surface area contributed by atoms with Crippen LogP contribution in [0, 0.1) is 6.92 Å². The quantitative estimate of drug-likeness (QED) is 0.689. The monoisotopic (exact) mass is 190 g/mol. The van der Waals surface area contributed by atoms with Gasteiger partial charge in [-0.1, -0.05) is 12.1 Å². The number of aryl methyl sites for hydroxylation is 1. The first-order valence-electron chi connectivity index (χ1n) is 3.91. The van der Waals surface area contributed by atoms with Crippen molar-refractivity contribution in [3.05, 3.63) is 36.2 Å². The molecule has 3 nitrogen and oxygen atoms in total. The molecule has 65 valence electrons. The lowest BCUT2D eigenvalue weighted by atomic mass is 10.2. The average Bonchev–Trinajstić information content (AvgIpc) is 2.51. The smallest absolute Gasteiger partial charge is 0.205 e. The second-order valence-electron chi connectivity index (χ2n) is 2.79. The van der Waals surface area contributed by atoms with Crippen molar-refractivity contribution in [2.75, 3.05) is 0 Å². The van der Waals surface area contributed by atoms with Gasteiger partial charge < -0.3 is 0 Å². The van der Waals surface area contributed by atoms with Gasteiger partial charge in [0.05, 0.1) is 5.69 Å². The fourth-order valence-electron chi connectivity index (χ4n) is 1.17. The van der Waals surface area contributed by atoms with Crippen molar-refractivity contribution >= 4 is 12.6 Å². The van der Waals surface area contributed by atoms with E-state index in [0.717, 1.165) is 5.69 Å². The average molecular weight is 190 g/mol. The molecule has 13 heavy (non-hydrogen) atoms. The predicted molar refractivity (Wildman–Crippen MR) is 52.0 cm³/mol. The summed E-state index contributed by atoms with van der Waals surface area (Å²) in [5.41, 5.74) is 2.14. The lowest BCUT2D eigenvalue weighted by molar-refractivity contribution is 0.788. The zero-order valence-electron chi connectivity index (χ0n) is 7.14. The molecule has 0 bridgehead atoms. The molecule has 0 saturated heterocycles. The summed E-state index contributed by atoms with van der Waals surface area (Å²) < 4.78 is 1.64. The molecule has 0 aliphatic carbocycles. The Bertz CT molecular complexity index is 422. The Morgan fingerprint density at radius 3 is 2.85 bits per heavy atom. The largest absolute Gasteiger partial charge is 0.222 e. The molecule has 0 fully saturated rings. The second kappa shape index (κ2) is 3.14. The van der Waals surface area contributed by atoms with E-state index in [-0.39, 0.29) is 0 Å². The van der Waals surface area contributed by atoms with E-state index in [1.807, 2.05) is 31.2 Å². The summed E-state index contributed by atoms with van der Waals surface area (Å²) in [6.45, 7) is 2.03. The molecule has 1 radical (unpaired) electrons. The van der Waals surface area contributed by atoms with E-state index < -0.39 is 0 Å². The van der Waals surface area contributed by atoms with E-state index >= 15 is 0 Å². The van der Waals surface area contributed by atoms with Gasteiger partial charge in [-0.25, -0.2) is 9.67 Å². The minimum absolute atomic E-state index is 0.491. The first-order chi connectivity index (χ1) is 6.27. The summed E-state index contributed by atoms with van der Waals surface area (Å²) >= 11 is 5.00. The topological polar surface area (TPSA) is 30.7 Å². The van der Waals surface area contributed by atoms with Crippen molar-refractivity contribution in [3.63, 3.8) is 0 Å². The van der Waals surface area contributed by atoms with Crippen LogP contribution in [0.3, 0.4) is 0 Å². The van der Waals surface area contributed by atoms with E-state index in [0.29, 0.717) is 5.16 Å². The van der Waals surface area contributed by atoms with Gasteiger partial charge >= 0.3 is 0 Å².